The normalized spacial score (nSPS) is 37.2. The number of thiol groups is 1. The fourth-order valence-corrected chi connectivity index (χ4v) is 2.98. The zero-order chi connectivity index (χ0) is 16.7. The number of aliphatic hydroxyl groups is 1. The van der Waals surface area contributed by atoms with Crippen LogP contribution in [0.4, 0.5) is 0 Å². The summed E-state index contributed by atoms with van der Waals surface area (Å²) in [5.41, 5.74) is 0. The molecule has 6 nitrogen and oxygen atoms in total. The monoisotopic (exact) mass is 344 g/mol. The van der Waals surface area contributed by atoms with Crippen molar-refractivity contribution in [2.75, 3.05) is 25.9 Å². The van der Waals surface area contributed by atoms with Crippen LogP contribution in [0.5, 0.6) is 0 Å². The highest BCUT2D eigenvalue weighted by atomic mass is 32.1. The second-order valence-electron chi connectivity index (χ2n) is 5.83. The van der Waals surface area contributed by atoms with Gasteiger partial charge in [0.15, 0.2) is 0 Å². The Bertz CT molecular complexity index is 340. The molecule has 9 heteroatoms. The molecule has 2 radical (unpaired) electrons. The van der Waals surface area contributed by atoms with Gasteiger partial charge in [-0.1, -0.05) is 13.6 Å². The minimum absolute atomic E-state index is 0.00589. The second-order valence-corrected chi connectivity index (χ2v) is 6.08. The predicted octanol–water partition coefficient (Wildman–Crippen LogP) is 0.345. The van der Waals surface area contributed by atoms with Gasteiger partial charge in [-0.3, -0.25) is 0 Å². The Morgan fingerprint density at radius 1 is 1.04 bits per heavy atom. The third-order valence-corrected chi connectivity index (χ3v) is 4.43. The van der Waals surface area contributed by atoms with Crippen LogP contribution in [0.2, 0.25) is 13.6 Å². The molecule has 2 rings (SSSR count). The number of ether oxygens (including phenoxy) is 5. The van der Waals surface area contributed by atoms with E-state index in [0.717, 1.165) is 6.42 Å². The minimum Gasteiger partial charge on any atom is -0.390 e. The molecule has 0 aromatic heterocycles. The van der Waals surface area contributed by atoms with E-state index < -0.39 is 6.10 Å². The van der Waals surface area contributed by atoms with Gasteiger partial charge in [-0.2, -0.15) is 12.6 Å². The molecule has 0 aromatic carbocycles. The Kier molecular flexibility index (Phi) is 8.74. The molecule has 0 aliphatic carbocycles. The molecule has 1 N–H and O–H groups in total. The summed E-state index contributed by atoms with van der Waals surface area (Å²) in [4.78, 5) is 0. The molecule has 23 heavy (non-hydrogen) atoms. The van der Waals surface area contributed by atoms with Crippen molar-refractivity contribution in [2.45, 2.75) is 62.9 Å². The average molecular weight is 344 g/mol. The van der Waals surface area contributed by atoms with Gasteiger partial charge in [0.2, 0.25) is 0 Å². The first kappa shape index (κ1) is 19.6. The van der Waals surface area contributed by atoms with Crippen molar-refractivity contribution in [3.63, 3.8) is 0 Å². The predicted molar refractivity (Wildman–Crippen MR) is 91.3 cm³/mol. The second kappa shape index (κ2) is 10.3. The highest BCUT2D eigenvalue weighted by molar-refractivity contribution is 7.80. The zero-order valence-corrected chi connectivity index (χ0v) is 14.7. The summed E-state index contributed by atoms with van der Waals surface area (Å²) in [6, 6.07) is 0.0840. The molecule has 2 heterocycles. The maximum atomic E-state index is 9.89. The van der Waals surface area contributed by atoms with Gasteiger partial charge >= 0.3 is 0 Å². The minimum atomic E-state index is -0.485. The van der Waals surface area contributed by atoms with Gasteiger partial charge in [0.25, 0.3) is 0 Å². The van der Waals surface area contributed by atoms with Crippen molar-refractivity contribution in [3.8, 4) is 0 Å². The smallest absolute Gasteiger partial charge is 0.147 e. The molecule has 2 fully saturated rings. The van der Waals surface area contributed by atoms with E-state index in [2.05, 4.69) is 12.6 Å². The molecule has 130 valence electrons. The number of hydrogen-bond donors (Lipinski definition) is 2. The molecule has 2 unspecified atom stereocenters. The van der Waals surface area contributed by atoms with Gasteiger partial charge in [-0.25, -0.2) is 0 Å². The average Bonchev–Trinajstić information content (AvgIpc) is 3.12. The molecule has 6 atom stereocenters. The van der Waals surface area contributed by atoms with Crippen LogP contribution in [0.1, 0.15) is 12.8 Å². The first-order valence-electron chi connectivity index (χ1n) is 8.13. The molecule has 2 saturated heterocycles. The SMILES string of the molecule is C[B][C@H]1CC(O)[C@@H](COCOC2C[C@H]([B]C)O[C@@H]2COCS)O1. The lowest BCUT2D eigenvalue weighted by molar-refractivity contribution is -0.137. The van der Waals surface area contributed by atoms with Gasteiger partial charge < -0.3 is 28.8 Å². The maximum Gasteiger partial charge on any atom is 0.147 e. The van der Waals surface area contributed by atoms with Gasteiger partial charge in [-0.05, 0) is 12.8 Å². The highest BCUT2D eigenvalue weighted by Gasteiger charge is 2.36. The first-order valence-corrected chi connectivity index (χ1v) is 8.77. The van der Waals surface area contributed by atoms with E-state index in [4.69, 9.17) is 23.7 Å². The molecule has 0 bridgehead atoms. The van der Waals surface area contributed by atoms with Crippen LogP contribution in [0.15, 0.2) is 0 Å². The molecule has 0 saturated carbocycles. The fraction of sp³-hybridized carbons (Fsp3) is 1.00. The van der Waals surface area contributed by atoms with Gasteiger partial charge in [0.1, 0.15) is 33.6 Å². The summed E-state index contributed by atoms with van der Waals surface area (Å²) < 4.78 is 28.1. The van der Waals surface area contributed by atoms with E-state index >= 15 is 0 Å². The first-order chi connectivity index (χ1) is 11.2. The largest absolute Gasteiger partial charge is 0.390 e. The van der Waals surface area contributed by atoms with Crippen LogP contribution in [0.3, 0.4) is 0 Å². The van der Waals surface area contributed by atoms with Crippen LogP contribution in [-0.4, -0.2) is 82.0 Å². The summed E-state index contributed by atoms with van der Waals surface area (Å²) in [7, 11) is 3.96. The molecule has 2 aliphatic rings. The number of rotatable bonds is 10. The Balaban J connectivity index is 1.66. The Morgan fingerprint density at radius 3 is 2.35 bits per heavy atom. The van der Waals surface area contributed by atoms with E-state index in [-0.39, 0.29) is 37.1 Å². The number of hydrogen-bond acceptors (Lipinski definition) is 7. The molecular weight excluding hydrogens is 318 g/mol. The van der Waals surface area contributed by atoms with Crippen molar-refractivity contribution < 1.29 is 28.8 Å². The Labute approximate surface area is 145 Å². The summed E-state index contributed by atoms with van der Waals surface area (Å²) >= 11 is 4.04. The molecular formula is C14H26B2O6S. The van der Waals surface area contributed by atoms with Crippen LogP contribution < -0.4 is 0 Å². The Morgan fingerprint density at radius 2 is 1.70 bits per heavy atom. The number of aliphatic hydroxyl groups excluding tert-OH is 1. The summed E-state index contributed by atoms with van der Waals surface area (Å²) in [6.45, 7) is 4.82. The van der Waals surface area contributed by atoms with Crippen LogP contribution in [-0.2, 0) is 23.7 Å². The van der Waals surface area contributed by atoms with Crippen molar-refractivity contribution >= 4 is 27.2 Å². The lowest BCUT2D eigenvalue weighted by Gasteiger charge is -2.20. The van der Waals surface area contributed by atoms with Crippen molar-refractivity contribution in [3.05, 3.63) is 0 Å². The zero-order valence-electron chi connectivity index (χ0n) is 13.8. The highest BCUT2D eigenvalue weighted by Crippen LogP contribution is 2.24. The molecule has 2 aliphatic heterocycles. The van der Waals surface area contributed by atoms with E-state index in [9.17, 15) is 5.11 Å². The Hall–Kier alpha value is 0.240. The third kappa shape index (κ3) is 5.92. The lowest BCUT2D eigenvalue weighted by Crippen LogP contribution is -2.31. The quantitative estimate of drug-likeness (QED) is 0.258. The topological polar surface area (TPSA) is 66.4 Å². The molecule has 0 aromatic rings. The van der Waals surface area contributed by atoms with E-state index in [1.807, 2.05) is 28.2 Å². The summed E-state index contributed by atoms with van der Waals surface area (Å²) in [6.07, 6.45) is 0.456. The summed E-state index contributed by atoms with van der Waals surface area (Å²) in [5, 5.41) is 9.89. The van der Waals surface area contributed by atoms with Crippen LogP contribution in [0.25, 0.3) is 0 Å². The van der Waals surface area contributed by atoms with Gasteiger partial charge in [-0.15, -0.1) is 0 Å². The third-order valence-electron chi connectivity index (χ3n) is 4.25. The van der Waals surface area contributed by atoms with Crippen LogP contribution in [0, 0.1) is 0 Å². The van der Waals surface area contributed by atoms with E-state index in [1.165, 1.54) is 0 Å². The van der Waals surface area contributed by atoms with Crippen molar-refractivity contribution in [2.24, 2.45) is 0 Å². The van der Waals surface area contributed by atoms with Crippen molar-refractivity contribution in [1.29, 1.82) is 0 Å². The van der Waals surface area contributed by atoms with E-state index in [1.54, 1.807) is 0 Å². The van der Waals surface area contributed by atoms with Crippen molar-refractivity contribution in [1.82, 2.24) is 0 Å². The maximum absolute atomic E-state index is 9.89. The fourth-order valence-electron chi connectivity index (χ4n) is 2.88. The van der Waals surface area contributed by atoms with Crippen LogP contribution >= 0.6 is 12.6 Å². The standard InChI is InChI=1S/C14H26B2O6S/c1-15-13-3-9(17)11(21-13)5-18-7-20-10-4-14(16-2)22-12(10)6-19-8-23/h9-14,17,23H,3-8H2,1-2H3/t9?,10?,11-,12-,13-,14-/m1/s1. The summed E-state index contributed by atoms with van der Waals surface area (Å²) in [5.74, 6) is 0.357. The van der Waals surface area contributed by atoms with Gasteiger partial charge in [0, 0.05) is 12.0 Å². The molecule has 0 amide bonds. The van der Waals surface area contributed by atoms with Gasteiger partial charge in [0.05, 0.1) is 31.4 Å². The lowest BCUT2D eigenvalue weighted by atomic mass is 9.73. The van der Waals surface area contributed by atoms with E-state index in [0.29, 0.717) is 25.6 Å². The molecule has 0 spiro atoms.